The molecule has 0 fully saturated rings. The van der Waals surface area contributed by atoms with Gasteiger partial charge in [-0.3, -0.25) is 4.79 Å². The molecule has 0 aliphatic heterocycles. The van der Waals surface area contributed by atoms with Crippen molar-refractivity contribution in [3.05, 3.63) is 21.4 Å². The van der Waals surface area contributed by atoms with Crippen LogP contribution in [0.3, 0.4) is 0 Å². The van der Waals surface area contributed by atoms with Crippen LogP contribution in [0.5, 0.6) is 0 Å². The first-order valence-corrected chi connectivity index (χ1v) is 7.92. The Kier molecular flexibility index (Phi) is 4.58. The van der Waals surface area contributed by atoms with E-state index in [0.717, 1.165) is 17.7 Å². The minimum Gasteiger partial charge on any atom is -0.392 e. The van der Waals surface area contributed by atoms with E-state index in [1.165, 1.54) is 23.3 Å². The van der Waals surface area contributed by atoms with E-state index in [0.29, 0.717) is 11.5 Å². The predicted octanol–water partition coefficient (Wildman–Crippen LogP) is 2.76. The van der Waals surface area contributed by atoms with Crippen molar-refractivity contribution < 1.29 is 4.79 Å². The van der Waals surface area contributed by atoms with Gasteiger partial charge in [0, 0.05) is 10.9 Å². The monoisotopic (exact) mass is 296 g/mol. The molecule has 2 N–H and O–H groups in total. The van der Waals surface area contributed by atoms with E-state index < -0.39 is 0 Å². The molecule has 0 aromatic carbocycles. The van der Waals surface area contributed by atoms with Crippen molar-refractivity contribution >= 4 is 34.5 Å². The summed E-state index contributed by atoms with van der Waals surface area (Å²) in [6.07, 6.45) is 4.69. The van der Waals surface area contributed by atoms with Gasteiger partial charge < -0.3 is 10.6 Å². The number of hydrogen-bond donors (Lipinski definition) is 1. The Morgan fingerprint density at radius 2 is 2.16 bits per heavy atom. The van der Waals surface area contributed by atoms with E-state index in [4.69, 9.17) is 18.0 Å². The summed E-state index contributed by atoms with van der Waals surface area (Å²) in [5.41, 5.74) is 6.95. The summed E-state index contributed by atoms with van der Waals surface area (Å²) in [6, 6.07) is 2.17. The Bertz CT molecular complexity index is 470. The Morgan fingerprint density at radius 1 is 1.47 bits per heavy atom. The first-order chi connectivity index (χ1) is 8.99. The summed E-state index contributed by atoms with van der Waals surface area (Å²) in [4.78, 5) is 16.9. The fourth-order valence-electron chi connectivity index (χ4n) is 2.39. The lowest BCUT2D eigenvalue weighted by Crippen LogP contribution is -2.41. The van der Waals surface area contributed by atoms with Crippen molar-refractivity contribution in [1.29, 1.82) is 0 Å². The highest BCUT2D eigenvalue weighted by molar-refractivity contribution is 7.80. The van der Waals surface area contributed by atoms with E-state index >= 15 is 0 Å². The molecule has 3 nitrogen and oxygen atoms in total. The summed E-state index contributed by atoms with van der Waals surface area (Å²) < 4.78 is 0. The number of rotatable bonds is 4. The van der Waals surface area contributed by atoms with Crippen LogP contribution in [-0.4, -0.2) is 28.4 Å². The quantitative estimate of drug-likeness (QED) is 0.869. The summed E-state index contributed by atoms with van der Waals surface area (Å²) in [7, 11) is 0. The minimum absolute atomic E-state index is 0.0576. The summed E-state index contributed by atoms with van der Waals surface area (Å²) in [5.74, 6) is 0.0576. The maximum absolute atomic E-state index is 12.6. The van der Waals surface area contributed by atoms with Gasteiger partial charge in [-0.25, -0.2) is 0 Å². The molecule has 1 amide bonds. The molecular formula is C14H20N2OS2. The lowest BCUT2D eigenvalue weighted by atomic mass is 9.99. The number of thiocarbonyl (C=S) groups is 1. The van der Waals surface area contributed by atoms with Crippen molar-refractivity contribution in [2.24, 2.45) is 5.73 Å². The van der Waals surface area contributed by atoms with Gasteiger partial charge in [0.1, 0.15) is 0 Å². The molecule has 5 heteroatoms. The molecule has 19 heavy (non-hydrogen) atoms. The Morgan fingerprint density at radius 3 is 2.74 bits per heavy atom. The fourth-order valence-corrected chi connectivity index (χ4v) is 3.74. The first kappa shape index (κ1) is 14.5. The van der Waals surface area contributed by atoms with E-state index in [2.05, 4.69) is 6.07 Å². The average molecular weight is 296 g/mol. The van der Waals surface area contributed by atoms with Gasteiger partial charge >= 0.3 is 0 Å². The minimum atomic E-state index is 0.0576. The lowest BCUT2D eigenvalue weighted by molar-refractivity contribution is 0.0741. The van der Waals surface area contributed by atoms with Crippen LogP contribution in [-0.2, 0) is 12.8 Å². The molecular weight excluding hydrogens is 276 g/mol. The van der Waals surface area contributed by atoms with Gasteiger partial charge in [0.25, 0.3) is 5.91 Å². The normalized spacial score (nSPS) is 14.3. The van der Waals surface area contributed by atoms with Gasteiger partial charge in [-0.15, -0.1) is 11.3 Å². The number of carbonyl (C=O) groups excluding carboxylic acids is 1. The van der Waals surface area contributed by atoms with E-state index in [-0.39, 0.29) is 11.9 Å². The largest absolute Gasteiger partial charge is 0.392 e. The van der Waals surface area contributed by atoms with Crippen molar-refractivity contribution in [1.82, 2.24) is 4.90 Å². The molecule has 0 bridgehead atoms. The standard InChI is InChI=1S/C14H20N2OS2/c1-9(2)16(8-13(15)18)14(17)12-7-10-5-3-4-6-11(10)19-12/h7,9H,3-6,8H2,1-2H3,(H2,15,18). The van der Waals surface area contributed by atoms with Crippen LogP contribution >= 0.6 is 23.6 Å². The molecule has 0 spiro atoms. The van der Waals surface area contributed by atoms with Crippen molar-refractivity contribution in [2.75, 3.05) is 6.54 Å². The third kappa shape index (κ3) is 3.34. The first-order valence-electron chi connectivity index (χ1n) is 6.70. The van der Waals surface area contributed by atoms with Gasteiger partial charge in [0.15, 0.2) is 0 Å². The highest BCUT2D eigenvalue weighted by Gasteiger charge is 2.23. The van der Waals surface area contributed by atoms with E-state index in [1.54, 1.807) is 16.2 Å². The van der Waals surface area contributed by atoms with Gasteiger partial charge in [0.2, 0.25) is 0 Å². The second-order valence-corrected chi connectivity index (χ2v) is 6.92. The van der Waals surface area contributed by atoms with Crippen LogP contribution in [0.4, 0.5) is 0 Å². The number of hydrogen-bond acceptors (Lipinski definition) is 3. The Labute approximate surface area is 123 Å². The zero-order valence-corrected chi connectivity index (χ0v) is 13.1. The van der Waals surface area contributed by atoms with E-state index in [1.807, 2.05) is 13.8 Å². The molecule has 104 valence electrons. The van der Waals surface area contributed by atoms with Crippen LogP contribution in [0.1, 0.15) is 46.8 Å². The molecule has 1 aliphatic carbocycles. The SMILES string of the molecule is CC(C)N(CC(N)=S)C(=O)c1cc2c(s1)CCCC2. The fraction of sp³-hybridized carbons (Fsp3) is 0.571. The average Bonchev–Trinajstić information content (AvgIpc) is 2.78. The molecule has 0 saturated carbocycles. The summed E-state index contributed by atoms with van der Waals surface area (Å²) >= 11 is 6.58. The van der Waals surface area contributed by atoms with Gasteiger partial charge in [-0.1, -0.05) is 12.2 Å². The number of nitrogens with zero attached hydrogens (tertiary/aromatic N) is 1. The molecule has 1 heterocycles. The van der Waals surface area contributed by atoms with Crippen LogP contribution in [0.25, 0.3) is 0 Å². The second-order valence-electron chi connectivity index (χ2n) is 5.26. The summed E-state index contributed by atoms with van der Waals surface area (Å²) in [5, 5.41) is 0. The van der Waals surface area contributed by atoms with Gasteiger partial charge in [-0.2, -0.15) is 0 Å². The van der Waals surface area contributed by atoms with Gasteiger partial charge in [0.05, 0.1) is 16.4 Å². The van der Waals surface area contributed by atoms with Crippen molar-refractivity contribution in [2.45, 2.75) is 45.6 Å². The molecule has 1 aromatic heterocycles. The highest BCUT2D eigenvalue weighted by atomic mass is 32.1. The highest BCUT2D eigenvalue weighted by Crippen LogP contribution is 2.30. The van der Waals surface area contributed by atoms with Crippen LogP contribution in [0.2, 0.25) is 0 Å². The number of aryl methyl sites for hydroxylation is 2. The molecule has 1 aromatic rings. The molecule has 0 saturated heterocycles. The van der Waals surface area contributed by atoms with E-state index in [9.17, 15) is 4.79 Å². The Balaban J connectivity index is 2.21. The van der Waals surface area contributed by atoms with Crippen molar-refractivity contribution in [3.63, 3.8) is 0 Å². The molecule has 2 rings (SSSR count). The predicted molar refractivity (Wildman–Crippen MR) is 83.9 cm³/mol. The lowest BCUT2D eigenvalue weighted by Gasteiger charge is -2.25. The second kappa shape index (κ2) is 6.01. The number of thiophene rings is 1. The third-order valence-electron chi connectivity index (χ3n) is 3.42. The summed E-state index contributed by atoms with van der Waals surface area (Å²) in [6.45, 7) is 4.34. The molecule has 0 atom stereocenters. The Hall–Kier alpha value is -0.940. The third-order valence-corrected chi connectivity index (χ3v) is 4.77. The number of amides is 1. The zero-order valence-electron chi connectivity index (χ0n) is 11.4. The number of nitrogens with two attached hydrogens (primary N) is 1. The molecule has 0 radical (unpaired) electrons. The smallest absolute Gasteiger partial charge is 0.264 e. The van der Waals surface area contributed by atoms with Crippen LogP contribution < -0.4 is 5.73 Å². The van der Waals surface area contributed by atoms with Gasteiger partial charge in [-0.05, 0) is 51.2 Å². The maximum Gasteiger partial charge on any atom is 0.264 e. The maximum atomic E-state index is 12.6. The topological polar surface area (TPSA) is 46.3 Å². The molecule has 0 unspecified atom stereocenters. The van der Waals surface area contributed by atoms with Crippen LogP contribution in [0, 0.1) is 0 Å². The molecule has 1 aliphatic rings. The van der Waals surface area contributed by atoms with Crippen LogP contribution in [0.15, 0.2) is 6.07 Å². The zero-order chi connectivity index (χ0) is 14.0. The number of carbonyl (C=O) groups is 1. The number of fused-ring (bicyclic) bond motifs is 1. The van der Waals surface area contributed by atoms with Crippen molar-refractivity contribution in [3.8, 4) is 0 Å².